The van der Waals surface area contributed by atoms with E-state index >= 15 is 0 Å². The van der Waals surface area contributed by atoms with E-state index in [1.54, 1.807) is 12.1 Å². The van der Waals surface area contributed by atoms with Gasteiger partial charge < -0.3 is 4.74 Å². The third-order valence-corrected chi connectivity index (χ3v) is 5.40. The van der Waals surface area contributed by atoms with Crippen LogP contribution in [0.25, 0.3) is 11.3 Å². The number of benzene rings is 1. The van der Waals surface area contributed by atoms with Crippen LogP contribution >= 0.6 is 0 Å². The van der Waals surface area contributed by atoms with Crippen LogP contribution in [0.4, 0.5) is 4.39 Å². The minimum Gasteiger partial charge on any atom is -0.375 e. The van der Waals surface area contributed by atoms with Gasteiger partial charge in [-0.1, -0.05) is 12.1 Å². The van der Waals surface area contributed by atoms with Gasteiger partial charge in [0.1, 0.15) is 5.82 Å². The average molecular weight is 329 g/mol. The van der Waals surface area contributed by atoms with Crippen LogP contribution in [0.15, 0.2) is 30.5 Å². The molecule has 2 saturated heterocycles. The summed E-state index contributed by atoms with van der Waals surface area (Å²) < 4.78 is 19.6. The van der Waals surface area contributed by atoms with Crippen LogP contribution < -0.4 is 0 Å². The van der Waals surface area contributed by atoms with E-state index in [1.807, 2.05) is 12.3 Å². The molecule has 0 amide bonds. The topological polar surface area (TPSA) is 41.2 Å². The normalized spacial score (nSPS) is 25.2. The highest BCUT2D eigenvalue weighted by atomic mass is 19.1. The van der Waals surface area contributed by atoms with Crippen molar-refractivity contribution in [3.05, 3.63) is 41.8 Å². The summed E-state index contributed by atoms with van der Waals surface area (Å²) in [5, 5.41) is 7.22. The molecule has 4 rings (SSSR count). The number of ether oxygens (including phenoxy) is 1. The van der Waals surface area contributed by atoms with Gasteiger partial charge in [-0.2, -0.15) is 5.10 Å². The number of nitrogens with one attached hydrogen (secondary N) is 1. The quantitative estimate of drug-likeness (QED) is 0.932. The summed E-state index contributed by atoms with van der Waals surface area (Å²) in [6.07, 6.45) is 7.73. The van der Waals surface area contributed by atoms with E-state index in [0.29, 0.717) is 0 Å². The highest BCUT2D eigenvalue weighted by Gasteiger charge is 2.36. The Bertz CT molecular complexity index is 693. The maximum absolute atomic E-state index is 13.5. The van der Waals surface area contributed by atoms with Crippen molar-refractivity contribution in [3.63, 3.8) is 0 Å². The van der Waals surface area contributed by atoms with Crippen LogP contribution in [0.3, 0.4) is 0 Å². The molecule has 1 N–H and O–H groups in total. The van der Waals surface area contributed by atoms with Crippen molar-refractivity contribution in [1.82, 2.24) is 15.1 Å². The molecule has 1 spiro atoms. The van der Waals surface area contributed by atoms with Crippen molar-refractivity contribution >= 4 is 0 Å². The zero-order valence-corrected chi connectivity index (χ0v) is 13.9. The maximum Gasteiger partial charge on any atom is 0.123 e. The molecule has 0 bridgehead atoms. The van der Waals surface area contributed by atoms with Crippen LogP contribution in [0.2, 0.25) is 0 Å². The van der Waals surface area contributed by atoms with Crippen LogP contribution in [0, 0.1) is 5.82 Å². The Balaban J connectivity index is 1.47. The first kappa shape index (κ1) is 15.8. The fourth-order valence-corrected chi connectivity index (χ4v) is 4.10. The molecule has 2 fully saturated rings. The van der Waals surface area contributed by atoms with Gasteiger partial charge in [-0.05, 0) is 50.8 Å². The Labute approximate surface area is 142 Å². The van der Waals surface area contributed by atoms with Gasteiger partial charge in [0, 0.05) is 30.8 Å². The first-order chi connectivity index (χ1) is 11.7. The van der Waals surface area contributed by atoms with E-state index in [-0.39, 0.29) is 11.4 Å². The predicted octanol–water partition coefficient (Wildman–Crippen LogP) is 3.75. The van der Waals surface area contributed by atoms with Crippen molar-refractivity contribution in [3.8, 4) is 11.3 Å². The number of H-pyrrole nitrogens is 1. The molecule has 0 unspecified atom stereocenters. The molecule has 0 radical (unpaired) electrons. The van der Waals surface area contributed by atoms with Gasteiger partial charge >= 0.3 is 0 Å². The first-order valence-corrected chi connectivity index (χ1v) is 8.89. The second-order valence-corrected chi connectivity index (χ2v) is 7.05. The molecule has 2 aliphatic heterocycles. The molecule has 2 aromatic rings. The number of aromatic nitrogens is 2. The molecule has 5 heteroatoms. The van der Waals surface area contributed by atoms with Crippen LogP contribution in [0.1, 0.15) is 37.7 Å². The molecule has 0 saturated carbocycles. The number of likely N-dealkylation sites (tertiary alicyclic amines) is 1. The lowest BCUT2D eigenvalue weighted by Gasteiger charge is -2.27. The monoisotopic (exact) mass is 329 g/mol. The standard InChI is InChI=1S/C19H24FN3O/c20-17-5-1-4-15(12-17)18-16(13-21-22-18)14-23-9-2-6-19(8-10-23)7-3-11-24-19/h1,4-5,12-13H,2-3,6-11,14H2,(H,21,22)/t19-/m1/s1. The fourth-order valence-electron chi connectivity index (χ4n) is 4.10. The molecule has 0 aliphatic carbocycles. The molecule has 4 nitrogen and oxygen atoms in total. The Kier molecular flexibility index (Phi) is 4.37. The minimum absolute atomic E-state index is 0.135. The molecule has 2 aliphatic rings. The Morgan fingerprint density at radius 1 is 1.21 bits per heavy atom. The highest BCUT2D eigenvalue weighted by molar-refractivity contribution is 5.62. The molecule has 3 heterocycles. The number of aromatic amines is 1. The highest BCUT2D eigenvalue weighted by Crippen LogP contribution is 2.36. The number of rotatable bonds is 3. The largest absolute Gasteiger partial charge is 0.375 e. The van der Waals surface area contributed by atoms with Crippen molar-refractivity contribution in [2.75, 3.05) is 19.7 Å². The van der Waals surface area contributed by atoms with E-state index in [0.717, 1.165) is 49.5 Å². The zero-order chi connectivity index (χ0) is 16.4. The SMILES string of the molecule is Fc1cccc(-c2[nH]ncc2CN2CCC[C@@]3(CCCO3)CC2)c1. The number of nitrogens with zero attached hydrogens (tertiary/aromatic N) is 2. The summed E-state index contributed by atoms with van der Waals surface area (Å²) in [6, 6.07) is 6.68. The molecule has 1 atom stereocenters. The Hall–Kier alpha value is -1.72. The second-order valence-electron chi connectivity index (χ2n) is 7.05. The van der Waals surface area contributed by atoms with E-state index in [9.17, 15) is 4.39 Å². The van der Waals surface area contributed by atoms with Gasteiger partial charge in [0.2, 0.25) is 0 Å². The van der Waals surface area contributed by atoms with Gasteiger partial charge in [-0.15, -0.1) is 0 Å². The van der Waals surface area contributed by atoms with Gasteiger partial charge in [0.15, 0.2) is 0 Å². The van der Waals surface area contributed by atoms with Crippen LogP contribution in [-0.2, 0) is 11.3 Å². The van der Waals surface area contributed by atoms with Gasteiger partial charge in [0.05, 0.1) is 17.5 Å². The van der Waals surface area contributed by atoms with E-state index in [1.165, 1.54) is 31.7 Å². The van der Waals surface area contributed by atoms with Crippen LogP contribution in [0.5, 0.6) is 0 Å². The number of hydrogen-bond donors (Lipinski definition) is 1. The van der Waals surface area contributed by atoms with E-state index in [2.05, 4.69) is 15.1 Å². The molecule has 24 heavy (non-hydrogen) atoms. The summed E-state index contributed by atoms with van der Waals surface area (Å²) >= 11 is 0. The zero-order valence-electron chi connectivity index (χ0n) is 13.9. The third kappa shape index (κ3) is 3.23. The Morgan fingerprint density at radius 2 is 2.12 bits per heavy atom. The number of halogens is 1. The molecule has 128 valence electrons. The van der Waals surface area contributed by atoms with Crippen molar-refractivity contribution in [2.24, 2.45) is 0 Å². The average Bonchev–Trinajstić information content (AvgIpc) is 3.17. The lowest BCUT2D eigenvalue weighted by atomic mass is 9.92. The van der Waals surface area contributed by atoms with E-state index < -0.39 is 0 Å². The lowest BCUT2D eigenvalue weighted by molar-refractivity contribution is -0.00737. The van der Waals surface area contributed by atoms with E-state index in [4.69, 9.17) is 4.74 Å². The third-order valence-electron chi connectivity index (χ3n) is 5.40. The summed E-state index contributed by atoms with van der Waals surface area (Å²) in [5.74, 6) is -0.219. The lowest BCUT2D eigenvalue weighted by Crippen LogP contribution is -2.30. The summed E-state index contributed by atoms with van der Waals surface area (Å²) in [7, 11) is 0. The molecular formula is C19H24FN3O. The summed E-state index contributed by atoms with van der Waals surface area (Å²) in [5.41, 5.74) is 3.04. The van der Waals surface area contributed by atoms with Crippen LogP contribution in [-0.4, -0.2) is 40.4 Å². The summed E-state index contributed by atoms with van der Waals surface area (Å²) in [6.45, 7) is 3.90. The first-order valence-electron chi connectivity index (χ1n) is 8.89. The second kappa shape index (κ2) is 6.65. The minimum atomic E-state index is -0.219. The predicted molar refractivity (Wildman–Crippen MR) is 91.0 cm³/mol. The van der Waals surface area contributed by atoms with Crippen molar-refractivity contribution in [1.29, 1.82) is 0 Å². The van der Waals surface area contributed by atoms with Gasteiger partial charge in [0.25, 0.3) is 0 Å². The van der Waals surface area contributed by atoms with Gasteiger partial charge in [-0.25, -0.2) is 4.39 Å². The number of hydrogen-bond acceptors (Lipinski definition) is 3. The molecule has 1 aromatic heterocycles. The smallest absolute Gasteiger partial charge is 0.123 e. The fraction of sp³-hybridized carbons (Fsp3) is 0.526. The van der Waals surface area contributed by atoms with Crippen molar-refractivity contribution in [2.45, 2.75) is 44.2 Å². The molecule has 1 aromatic carbocycles. The molecular weight excluding hydrogens is 305 g/mol. The summed E-state index contributed by atoms with van der Waals surface area (Å²) in [4.78, 5) is 2.48. The maximum atomic E-state index is 13.5. The Morgan fingerprint density at radius 3 is 2.96 bits per heavy atom. The van der Waals surface area contributed by atoms with Gasteiger partial charge in [-0.3, -0.25) is 10.00 Å². The van der Waals surface area contributed by atoms with Crippen molar-refractivity contribution < 1.29 is 9.13 Å².